The lowest BCUT2D eigenvalue weighted by Crippen LogP contribution is -2.42. The Hall–Kier alpha value is -0.960. The van der Waals surface area contributed by atoms with Crippen molar-refractivity contribution in [2.45, 2.75) is 58.9 Å². The molecule has 2 atom stereocenters. The van der Waals surface area contributed by atoms with Gasteiger partial charge in [0.1, 0.15) is 11.6 Å². The van der Waals surface area contributed by atoms with Gasteiger partial charge in [-0.2, -0.15) is 0 Å². The van der Waals surface area contributed by atoms with Crippen LogP contribution in [0.15, 0.2) is 18.2 Å². The average Bonchev–Trinajstić information content (AvgIpc) is 2.73. The summed E-state index contributed by atoms with van der Waals surface area (Å²) >= 11 is 0. The Morgan fingerprint density at radius 2 is 1.90 bits per heavy atom. The van der Waals surface area contributed by atoms with E-state index in [0.717, 1.165) is 24.6 Å². The third kappa shape index (κ3) is 4.26. The van der Waals surface area contributed by atoms with E-state index in [-0.39, 0.29) is 0 Å². The molecule has 1 nitrogen and oxygen atoms in total. The van der Waals surface area contributed by atoms with E-state index in [2.05, 4.69) is 26.1 Å². The molecule has 2 unspecified atom stereocenters. The van der Waals surface area contributed by atoms with Gasteiger partial charge in [-0.3, -0.25) is 0 Å². The van der Waals surface area contributed by atoms with Crippen LogP contribution in [-0.2, 0) is 6.42 Å². The standard InChI is InChI=1S/C18H27F2N/c1-4-8-21-17(16-6-5-7-18(16,2)3)11-13-9-14(19)12-15(20)10-13/h9-10,12,16-17,21H,4-8,11H2,1-3H3. The molecule has 1 aromatic rings. The van der Waals surface area contributed by atoms with E-state index in [1.165, 1.54) is 31.4 Å². The molecule has 1 aliphatic carbocycles. The predicted octanol–water partition coefficient (Wildman–Crippen LogP) is 4.70. The van der Waals surface area contributed by atoms with Gasteiger partial charge in [0, 0.05) is 12.1 Å². The van der Waals surface area contributed by atoms with Crippen LogP contribution in [0.2, 0.25) is 0 Å². The highest BCUT2D eigenvalue weighted by Crippen LogP contribution is 2.45. The van der Waals surface area contributed by atoms with Crippen LogP contribution in [0, 0.1) is 23.0 Å². The zero-order valence-electron chi connectivity index (χ0n) is 13.4. The third-order valence-corrected chi connectivity index (χ3v) is 4.86. The largest absolute Gasteiger partial charge is 0.313 e. The number of rotatable bonds is 6. The first kappa shape index (κ1) is 16.4. The molecule has 118 valence electrons. The quantitative estimate of drug-likeness (QED) is 0.802. The van der Waals surface area contributed by atoms with Gasteiger partial charge < -0.3 is 5.32 Å². The highest BCUT2D eigenvalue weighted by molar-refractivity contribution is 5.19. The highest BCUT2D eigenvalue weighted by Gasteiger charge is 2.39. The SMILES string of the molecule is CCCNC(Cc1cc(F)cc(F)c1)C1CCCC1(C)C. The van der Waals surface area contributed by atoms with Gasteiger partial charge in [0.15, 0.2) is 0 Å². The molecule has 0 spiro atoms. The van der Waals surface area contributed by atoms with Crippen LogP contribution in [0.25, 0.3) is 0 Å². The van der Waals surface area contributed by atoms with Crippen LogP contribution in [0.5, 0.6) is 0 Å². The van der Waals surface area contributed by atoms with Crippen LogP contribution >= 0.6 is 0 Å². The minimum Gasteiger partial charge on any atom is -0.313 e. The maximum atomic E-state index is 13.4. The summed E-state index contributed by atoms with van der Waals surface area (Å²) in [4.78, 5) is 0. The second kappa shape index (κ2) is 6.87. The van der Waals surface area contributed by atoms with Gasteiger partial charge in [-0.25, -0.2) is 8.78 Å². The normalized spacial score (nSPS) is 22.4. The number of hydrogen-bond donors (Lipinski definition) is 1. The minimum atomic E-state index is -0.482. The highest BCUT2D eigenvalue weighted by atomic mass is 19.1. The smallest absolute Gasteiger partial charge is 0.126 e. The van der Waals surface area contributed by atoms with Gasteiger partial charge in [-0.1, -0.05) is 27.2 Å². The van der Waals surface area contributed by atoms with Gasteiger partial charge in [-0.15, -0.1) is 0 Å². The van der Waals surface area contributed by atoms with Crippen molar-refractivity contribution in [2.24, 2.45) is 11.3 Å². The zero-order valence-corrected chi connectivity index (χ0v) is 13.4. The number of halogens is 2. The van der Waals surface area contributed by atoms with Crippen molar-refractivity contribution in [2.75, 3.05) is 6.54 Å². The summed E-state index contributed by atoms with van der Waals surface area (Å²) in [5.41, 5.74) is 1.06. The van der Waals surface area contributed by atoms with E-state index < -0.39 is 11.6 Å². The van der Waals surface area contributed by atoms with Gasteiger partial charge in [0.2, 0.25) is 0 Å². The van der Waals surface area contributed by atoms with Crippen molar-refractivity contribution in [3.8, 4) is 0 Å². The van der Waals surface area contributed by atoms with Crippen molar-refractivity contribution in [1.29, 1.82) is 0 Å². The first-order valence-electron chi connectivity index (χ1n) is 8.10. The van der Waals surface area contributed by atoms with Crippen LogP contribution < -0.4 is 5.32 Å². The molecule has 0 bridgehead atoms. The number of nitrogens with one attached hydrogen (secondary N) is 1. The Balaban J connectivity index is 2.16. The van der Waals surface area contributed by atoms with E-state index >= 15 is 0 Å². The summed E-state index contributed by atoms with van der Waals surface area (Å²) in [5, 5.41) is 3.61. The van der Waals surface area contributed by atoms with E-state index in [1.54, 1.807) is 0 Å². The summed E-state index contributed by atoms with van der Waals surface area (Å²) in [6, 6.07) is 4.16. The summed E-state index contributed by atoms with van der Waals surface area (Å²) in [6.07, 6.45) is 5.45. The van der Waals surface area contributed by atoms with E-state index in [0.29, 0.717) is 23.8 Å². The topological polar surface area (TPSA) is 12.0 Å². The molecule has 2 rings (SSSR count). The molecule has 1 fully saturated rings. The summed E-state index contributed by atoms with van der Waals surface area (Å²) in [5.74, 6) is -0.398. The summed E-state index contributed by atoms with van der Waals surface area (Å²) in [7, 11) is 0. The Kier molecular flexibility index (Phi) is 5.37. The predicted molar refractivity (Wildman–Crippen MR) is 83.3 cm³/mol. The van der Waals surface area contributed by atoms with Gasteiger partial charge in [0.05, 0.1) is 0 Å². The molecule has 1 N–H and O–H groups in total. The van der Waals surface area contributed by atoms with Gasteiger partial charge in [0.25, 0.3) is 0 Å². The fourth-order valence-corrected chi connectivity index (χ4v) is 3.77. The van der Waals surface area contributed by atoms with Crippen molar-refractivity contribution in [1.82, 2.24) is 5.32 Å². The lowest BCUT2D eigenvalue weighted by molar-refractivity contribution is 0.195. The Morgan fingerprint density at radius 1 is 1.24 bits per heavy atom. The molecule has 0 radical (unpaired) electrons. The van der Waals surface area contributed by atoms with Gasteiger partial charge in [-0.05, 0) is 61.3 Å². The monoisotopic (exact) mass is 295 g/mol. The fourth-order valence-electron chi connectivity index (χ4n) is 3.77. The zero-order chi connectivity index (χ0) is 15.5. The third-order valence-electron chi connectivity index (χ3n) is 4.86. The molecule has 0 amide bonds. The lowest BCUT2D eigenvalue weighted by atomic mass is 9.76. The number of benzene rings is 1. The Bertz CT molecular complexity index is 450. The second-order valence-corrected chi connectivity index (χ2v) is 7.03. The maximum Gasteiger partial charge on any atom is 0.126 e. The summed E-state index contributed by atoms with van der Waals surface area (Å²) in [6.45, 7) is 7.73. The Labute approximate surface area is 127 Å². The van der Waals surface area contributed by atoms with E-state index in [4.69, 9.17) is 0 Å². The molecule has 1 aromatic carbocycles. The van der Waals surface area contributed by atoms with Crippen molar-refractivity contribution >= 4 is 0 Å². The molecule has 0 heterocycles. The fraction of sp³-hybridized carbons (Fsp3) is 0.667. The first-order chi connectivity index (χ1) is 9.92. The van der Waals surface area contributed by atoms with Crippen LogP contribution in [0.3, 0.4) is 0 Å². The second-order valence-electron chi connectivity index (χ2n) is 7.03. The Morgan fingerprint density at radius 3 is 2.43 bits per heavy atom. The van der Waals surface area contributed by atoms with Crippen LogP contribution in [-0.4, -0.2) is 12.6 Å². The van der Waals surface area contributed by atoms with E-state index in [9.17, 15) is 8.78 Å². The molecular formula is C18H27F2N. The van der Waals surface area contributed by atoms with E-state index in [1.807, 2.05) is 0 Å². The minimum absolute atomic E-state index is 0.295. The molecule has 1 saturated carbocycles. The maximum absolute atomic E-state index is 13.4. The summed E-state index contributed by atoms with van der Waals surface area (Å²) < 4.78 is 26.8. The molecule has 0 saturated heterocycles. The lowest BCUT2D eigenvalue weighted by Gasteiger charge is -2.35. The van der Waals surface area contributed by atoms with Crippen molar-refractivity contribution in [3.05, 3.63) is 35.4 Å². The molecular weight excluding hydrogens is 268 g/mol. The first-order valence-corrected chi connectivity index (χ1v) is 8.10. The van der Waals surface area contributed by atoms with Gasteiger partial charge >= 0.3 is 0 Å². The van der Waals surface area contributed by atoms with Crippen molar-refractivity contribution in [3.63, 3.8) is 0 Å². The molecule has 1 aliphatic rings. The molecule has 21 heavy (non-hydrogen) atoms. The molecule has 3 heteroatoms. The molecule has 0 aliphatic heterocycles. The van der Waals surface area contributed by atoms with Crippen molar-refractivity contribution < 1.29 is 8.78 Å². The van der Waals surface area contributed by atoms with Crippen LogP contribution in [0.1, 0.15) is 52.0 Å². The van der Waals surface area contributed by atoms with Crippen LogP contribution in [0.4, 0.5) is 8.78 Å². The number of hydrogen-bond acceptors (Lipinski definition) is 1. The molecule has 0 aromatic heterocycles. The average molecular weight is 295 g/mol.